The van der Waals surface area contributed by atoms with Crippen LogP contribution in [-0.2, 0) is 4.79 Å². The molecule has 3 N–H and O–H groups in total. The van der Waals surface area contributed by atoms with Gasteiger partial charge in [-0.1, -0.05) is 19.4 Å². The van der Waals surface area contributed by atoms with Crippen LogP contribution < -0.4 is 15.8 Å². The van der Waals surface area contributed by atoms with E-state index in [1.54, 1.807) is 12.1 Å². The molecule has 0 spiro atoms. The molecule has 5 heteroatoms. The van der Waals surface area contributed by atoms with Gasteiger partial charge < -0.3 is 15.8 Å². The van der Waals surface area contributed by atoms with Crippen molar-refractivity contribution >= 4 is 5.91 Å². The highest BCUT2D eigenvalue weighted by atomic mass is 19.1. The number of nitrogens with two attached hydrogens (primary N) is 1. The van der Waals surface area contributed by atoms with Gasteiger partial charge in [-0.3, -0.25) is 4.79 Å². The third kappa shape index (κ3) is 4.70. The van der Waals surface area contributed by atoms with Crippen LogP contribution >= 0.6 is 0 Å². The maximum Gasteiger partial charge on any atom is 0.237 e. The molecule has 1 amide bonds. The first-order chi connectivity index (χ1) is 10.5. The van der Waals surface area contributed by atoms with Crippen LogP contribution in [0.15, 0.2) is 18.2 Å². The Kier molecular flexibility index (Phi) is 5.77. The third-order valence-electron chi connectivity index (χ3n) is 3.92. The summed E-state index contributed by atoms with van der Waals surface area (Å²) in [6, 6.07) is 4.02. The van der Waals surface area contributed by atoms with Crippen molar-refractivity contribution in [1.82, 2.24) is 5.32 Å². The van der Waals surface area contributed by atoms with Gasteiger partial charge in [0.25, 0.3) is 0 Å². The molecule has 122 valence electrons. The first-order valence-electron chi connectivity index (χ1n) is 7.99. The van der Waals surface area contributed by atoms with Crippen LogP contribution in [0.4, 0.5) is 4.39 Å². The van der Waals surface area contributed by atoms with Gasteiger partial charge in [0.1, 0.15) is 0 Å². The summed E-state index contributed by atoms with van der Waals surface area (Å²) in [5, 5.41) is 2.82. The zero-order valence-corrected chi connectivity index (χ0v) is 13.3. The minimum Gasteiger partial charge on any atom is -0.490 e. The predicted molar refractivity (Wildman–Crippen MR) is 84.1 cm³/mol. The lowest BCUT2D eigenvalue weighted by Crippen LogP contribution is -2.41. The minimum absolute atomic E-state index is 0.205. The van der Waals surface area contributed by atoms with Gasteiger partial charge in [0.2, 0.25) is 5.91 Å². The second kappa shape index (κ2) is 7.58. The van der Waals surface area contributed by atoms with E-state index in [1.165, 1.54) is 18.9 Å². The summed E-state index contributed by atoms with van der Waals surface area (Å²) in [7, 11) is 0. The van der Waals surface area contributed by atoms with E-state index in [1.807, 2.05) is 13.8 Å². The standard InChI is InChI=1S/C17H25FN2O2/c1-3-4-15(19)17(21)20-11(2)13-7-8-16(14(18)9-13)22-10-12-5-6-12/h7-9,11-12,15H,3-6,10,19H2,1-2H3,(H,20,21). The zero-order valence-electron chi connectivity index (χ0n) is 13.3. The Balaban J connectivity index is 1.92. The maximum atomic E-state index is 14.0. The smallest absolute Gasteiger partial charge is 0.237 e. The van der Waals surface area contributed by atoms with Gasteiger partial charge >= 0.3 is 0 Å². The fourth-order valence-corrected chi connectivity index (χ4v) is 2.24. The number of hydrogen-bond acceptors (Lipinski definition) is 3. The highest BCUT2D eigenvalue weighted by molar-refractivity contribution is 5.81. The molecule has 0 heterocycles. The SMILES string of the molecule is CCCC(N)C(=O)NC(C)c1ccc(OCC2CC2)c(F)c1. The van der Waals surface area contributed by atoms with Gasteiger partial charge in [-0.15, -0.1) is 0 Å². The number of rotatable bonds is 8. The van der Waals surface area contributed by atoms with E-state index in [-0.39, 0.29) is 17.7 Å². The molecule has 2 unspecified atom stereocenters. The van der Waals surface area contributed by atoms with Crippen LogP contribution in [0.25, 0.3) is 0 Å². The Hall–Kier alpha value is -1.62. The Morgan fingerprint density at radius 1 is 1.50 bits per heavy atom. The Morgan fingerprint density at radius 2 is 2.23 bits per heavy atom. The Labute approximate surface area is 131 Å². The summed E-state index contributed by atoms with van der Waals surface area (Å²) in [5.41, 5.74) is 6.48. The number of amides is 1. The molecule has 0 saturated heterocycles. The fourth-order valence-electron chi connectivity index (χ4n) is 2.24. The normalized spacial score (nSPS) is 16.9. The van der Waals surface area contributed by atoms with Gasteiger partial charge in [-0.25, -0.2) is 4.39 Å². The van der Waals surface area contributed by atoms with Crippen LogP contribution in [0.5, 0.6) is 5.75 Å². The lowest BCUT2D eigenvalue weighted by atomic mass is 10.1. The summed E-state index contributed by atoms with van der Waals surface area (Å²) in [6.07, 6.45) is 3.83. The third-order valence-corrected chi connectivity index (χ3v) is 3.92. The van der Waals surface area contributed by atoms with Crippen molar-refractivity contribution < 1.29 is 13.9 Å². The van der Waals surface area contributed by atoms with Gasteiger partial charge in [0.05, 0.1) is 18.7 Å². The van der Waals surface area contributed by atoms with E-state index in [0.717, 1.165) is 6.42 Å². The summed E-state index contributed by atoms with van der Waals surface area (Å²) in [4.78, 5) is 11.9. The lowest BCUT2D eigenvalue weighted by molar-refractivity contribution is -0.123. The summed E-state index contributed by atoms with van der Waals surface area (Å²) in [5.74, 6) is 0.259. The summed E-state index contributed by atoms with van der Waals surface area (Å²) >= 11 is 0. The van der Waals surface area contributed by atoms with E-state index in [4.69, 9.17) is 10.5 Å². The fraction of sp³-hybridized carbons (Fsp3) is 0.588. The molecule has 0 radical (unpaired) electrons. The number of hydrogen-bond donors (Lipinski definition) is 2. The molecule has 2 rings (SSSR count). The van der Waals surface area contributed by atoms with Crippen molar-refractivity contribution in [3.8, 4) is 5.75 Å². The molecule has 1 aromatic carbocycles. The number of carbonyl (C=O) groups excluding carboxylic acids is 1. The number of nitrogens with one attached hydrogen (secondary N) is 1. The quantitative estimate of drug-likeness (QED) is 0.776. The Morgan fingerprint density at radius 3 is 2.82 bits per heavy atom. The van der Waals surface area contributed by atoms with Gasteiger partial charge in [-0.2, -0.15) is 0 Å². The molecule has 0 aromatic heterocycles. The highest BCUT2D eigenvalue weighted by Gasteiger charge is 2.23. The number of carbonyl (C=O) groups is 1. The highest BCUT2D eigenvalue weighted by Crippen LogP contribution is 2.30. The average molecular weight is 308 g/mol. The molecule has 1 fully saturated rings. The lowest BCUT2D eigenvalue weighted by Gasteiger charge is -2.18. The second-order valence-electron chi connectivity index (χ2n) is 6.07. The first-order valence-corrected chi connectivity index (χ1v) is 7.99. The van der Waals surface area contributed by atoms with Crippen molar-refractivity contribution in [2.75, 3.05) is 6.61 Å². The van der Waals surface area contributed by atoms with Crippen molar-refractivity contribution in [1.29, 1.82) is 0 Å². The Bertz CT molecular complexity index is 517. The molecule has 1 aromatic rings. The van der Waals surface area contributed by atoms with E-state index < -0.39 is 11.9 Å². The monoisotopic (exact) mass is 308 g/mol. The average Bonchev–Trinajstić information content (AvgIpc) is 3.30. The van der Waals surface area contributed by atoms with Crippen LogP contribution in [0.2, 0.25) is 0 Å². The second-order valence-corrected chi connectivity index (χ2v) is 6.07. The number of halogens is 1. The van der Waals surface area contributed by atoms with Crippen molar-refractivity contribution in [2.24, 2.45) is 11.7 Å². The van der Waals surface area contributed by atoms with E-state index in [0.29, 0.717) is 24.5 Å². The van der Waals surface area contributed by atoms with Gasteiger partial charge in [0.15, 0.2) is 11.6 Å². The van der Waals surface area contributed by atoms with Crippen LogP contribution in [0.3, 0.4) is 0 Å². The molecule has 22 heavy (non-hydrogen) atoms. The van der Waals surface area contributed by atoms with Crippen LogP contribution in [0.1, 0.15) is 51.1 Å². The predicted octanol–water partition coefficient (Wildman–Crippen LogP) is 2.92. The van der Waals surface area contributed by atoms with E-state index in [9.17, 15) is 9.18 Å². The summed E-state index contributed by atoms with van der Waals surface area (Å²) < 4.78 is 19.5. The molecular formula is C17H25FN2O2. The van der Waals surface area contributed by atoms with E-state index >= 15 is 0 Å². The topological polar surface area (TPSA) is 64.4 Å². The molecule has 1 aliphatic rings. The molecule has 2 atom stereocenters. The van der Waals surface area contributed by atoms with Crippen molar-refractivity contribution in [2.45, 2.75) is 51.6 Å². The van der Waals surface area contributed by atoms with E-state index in [2.05, 4.69) is 5.32 Å². The molecule has 0 bridgehead atoms. The minimum atomic E-state index is -0.515. The maximum absolute atomic E-state index is 14.0. The molecule has 1 saturated carbocycles. The van der Waals surface area contributed by atoms with Gasteiger partial charge in [0, 0.05) is 0 Å². The zero-order chi connectivity index (χ0) is 16.1. The first kappa shape index (κ1) is 16.7. The molecule has 0 aliphatic heterocycles. The summed E-state index contributed by atoms with van der Waals surface area (Å²) in [6.45, 7) is 4.37. The number of benzene rings is 1. The number of ether oxygens (including phenoxy) is 1. The largest absolute Gasteiger partial charge is 0.490 e. The van der Waals surface area contributed by atoms with Gasteiger partial charge in [-0.05, 0) is 49.8 Å². The van der Waals surface area contributed by atoms with Crippen molar-refractivity contribution in [3.63, 3.8) is 0 Å². The molecule has 1 aliphatic carbocycles. The molecule has 4 nitrogen and oxygen atoms in total. The van der Waals surface area contributed by atoms with Crippen LogP contribution in [-0.4, -0.2) is 18.6 Å². The molecular weight excluding hydrogens is 283 g/mol. The van der Waals surface area contributed by atoms with Crippen LogP contribution in [0, 0.1) is 11.7 Å². The van der Waals surface area contributed by atoms with Crippen molar-refractivity contribution in [3.05, 3.63) is 29.6 Å².